The lowest BCUT2D eigenvalue weighted by Gasteiger charge is -2.18. The molecule has 0 atom stereocenters. The Labute approximate surface area is 108 Å². The predicted molar refractivity (Wildman–Crippen MR) is 73.4 cm³/mol. The highest BCUT2D eigenvalue weighted by Gasteiger charge is 2.01. The zero-order valence-corrected chi connectivity index (χ0v) is 11.9. The number of thiophene rings is 1. The summed E-state index contributed by atoms with van der Waals surface area (Å²) in [4.78, 5) is 3.66. The van der Waals surface area contributed by atoms with E-state index in [1.165, 1.54) is 4.88 Å². The quantitative estimate of drug-likeness (QED) is 0.758. The van der Waals surface area contributed by atoms with Gasteiger partial charge in [0, 0.05) is 31.1 Å². The summed E-state index contributed by atoms with van der Waals surface area (Å²) in [6.45, 7) is 8.70. The van der Waals surface area contributed by atoms with Crippen molar-refractivity contribution in [2.45, 2.75) is 20.4 Å². The zero-order chi connectivity index (χ0) is 12.0. The summed E-state index contributed by atoms with van der Waals surface area (Å²) in [5.41, 5.74) is 0. The van der Waals surface area contributed by atoms with Gasteiger partial charge in [0.25, 0.3) is 0 Å². The third-order valence-electron chi connectivity index (χ3n) is 2.28. The summed E-state index contributed by atoms with van der Waals surface area (Å²) >= 11 is 7.51. The number of rotatable bonds is 7. The summed E-state index contributed by atoms with van der Waals surface area (Å²) in [6.07, 6.45) is 0. The van der Waals surface area contributed by atoms with Gasteiger partial charge in [-0.3, -0.25) is 0 Å². The molecule has 0 unspecified atom stereocenters. The second kappa shape index (κ2) is 7.28. The van der Waals surface area contributed by atoms with Crippen LogP contribution in [0.25, 0.3) is 0 Å². The fourth-order valence-electron chi connectivity index (χ4n) is 1.64. The number of hydrogen-bond donors (Lipinski definition) is 1. The van der Waals surface area contributed by atoms with Crippen molar-refractivity contribution in [2.75, 3.05) is 26.7 Å². The smallest absolute Gasteiger partial charge is 0.0931 e. The maximum atomic E-state index is 5.86. The molecule has 1 aromatic rings. The van der Waals surface area contributed by atoms with Crippen molar-refractivity contribution in [1.82, 2.24) is 10.2 Å². The molecule has 4 heteroatoms. The van der Waals surface area contributed by atoms with E-state index in [1.54, 1.807) is 11.3 Å². The maximum Gasteiger partial charge on any atom is 0.0931 e. The van der Waals surface area contributed by atoms with Gasteiger partial charge >= 0.3 is 0 Å². The van der Waals surface area contributed by atoms with E-state index >= 15 is 0 Å². The molecule has 0 aliphatic carbocycles. The van der Waals surface area contributed by atoms with Gasteiger partial charge in [-0.1, -0.05) is 25.4 Å². The number of halogens is 1. The Morgan fingerprint density at radius 3 is 2.75 bits per heavy atom. The molecule has 1 N–H and O–H groups in total. The number of nitrogens with zero attached hydrogens (tertiary/aromatic N) is 1. The molecule has 0 aromatic carbocycles. The Balaban J connectivity index is 2.07. The first-order chi connectivity index (χ1) is 7.58. The topological polar surface area (TPSA) is 15.3 Å². The number of hydrogen-bond acceptors (Lipinski definition) is 3. The van der Waals surface area contributed by atoms with Gasteiger partial charge in [-0.25, -0.2) is 0 Å². The number of likely N-dealkylation sites (N-methyl/N-ethyl adjacent to an activating group) is 1. The van der Waals surface area contributed by atoms with Gasteiger partial charge in [-0.2, -0.15) is 0 Å². The van der Waals surface area contributed by atoms with Crippen molar-refractivity contribution in [2.24, 2.45) is 5.92 Å². The van der Waals surface area contributed by atoms with Crippen LogP contribution in [0.4, 0.5) is 0 Å². The van der Waals surface area contributed by atoms with Crippen LogP contribution in [0.3, 0.4) is 0 Å². The average molecular weight is 261 g/mol. The predicted octanol–water partition coefficient (Wildman–Crippen LogP) is 3.08. The van der Waals surface area contributed by atoms with Gasteiger partial charge in [-0.05, 0) is 25.1 Å². The van der Waals surface area contributed by atoms with Gasteiger partial charge in [-0.15, -0.1) is 11.3 Å². The fraction of sp³-hybridized carbons (Fsp3) is 0.667. The molecule has 1 heterocycles. The largest absolute Gasteiger partial charge is 0.311 e. The molecular weight excluding hydrogens is 240 g/mol. The number of nitrogens with one attached hydrogen (secondary N) is 1. The Morgan fingerprint density at radius 1 is 1.44 bits per heavy atom. The molecule has 0 saturated heterocycles. The molecule has 0 bridgehead atoms. The monoisotopic (exact) mass is 260 g/mol. The zero-order valence-electron chi connectivity index (χ0n) is 10.3. The van der Waals surface area contributed by atoms with E-state index in [0.717, 1.165) is 36.4 Å². The van der Waals surface area contributed by atoms with Crippen LogP contribution in [0.2, 0.25) is 4.34 Å². The van der Waals surface area contributed by atoms with Gasteiger partial charge in [0.1, 0.15) is 0 Å². The van der Waals surface area contributed by atoms with Crippen LogP contribution in [0, 0.1) is 5.92 Å². The summed E-state index contributed by atoms with van der Waals surface area (Å²) in [7, 11) is 2.17. The summed E-state index contributed by atoms with van der Waals surface area (Å²) in [5, 5.41) is 3.43. The molecule has 0 aliphatic heterocycles. The molecule has 0 saturated carbocycles. The minimum absolute atomic E-state index is 0.737. The Morgan fingerprint density at radius 2 is 2.19 bits per heavy atom. The van der Waals surface area contributed by atoms with E-state index in [0.29, 0.717) is 0 Å². The summed E-state index contributed by atoms with van der Waals surface area (Å²) < 4.78 is 0.869. The van der Waals surface area contributed by atoms with Crippen LogP contribution in [-0.4, -0.2) is 31.6 Å². The molecule has 0 aliphatic rings. The van der Waals surface area contributed by atoms with Crippen molar-refractivity contribution in [3.8, 4) is 0 Å². The second-order valence-electron chi connectivity index (χ2n) is 4.54. The lowest BCUT2D eigenvalue weighted by atomic mass is 10.2. The standard InChI is InChI=1S/C12H21ClN2S/c1-10(2)9-15(3)7-6-14-8-11-4-5-12(13)16-11/h4-5,10,14H,6-9H2,1-3H3. The van der Waals surface area contributed by atoms with Crippen LogP contribution in [-0.2, 0) is 6.54 Å². The Kier molecular flexibility index (Phi) is 6.36. The molecule has 92 valence electrons. The first-order valence-electron chi connectivity index (χ1n) is 5.71. The van der Waals surface area contributed by atoms with Gasteiger partial charge in [0.15, 0.2) is 0 Å². The molecule has 1 aromatic heterocycles. The van der Waals surface area contributed by atoms with Crippen molar-refractivity contribution in [1.29, 1.82) is 0 Å². The molecular formula is C12H21ClN2S. The Hall–Kier alpha value is -0.0900. The van der Waals surface area contributed by atoms with E-state index < -0.39 is 0 Å². The molecule has 0 fully saturated rings. The van der Waals surface area contributed by atoms with Crippen molar-refractivity contribution >= 4 is 22.9 Å². The molecule has 16 heavy (non-hydrogen) atoms. The third kappa shape index (κ3) is 5.85. The second-order valence-corrected chi connectivity index (χ2v) is 6.34. The maximum absolute atomic E-state index is 5.86. The first-order valence-corrected chi connectivity index (χ1v) is 6.91. The highest BCUT2D eigenvalue weighted by Crippen LogP contribution is 2.20. The van der Waals surface area contributed by atoms with Gasteiger partial charge < -0.3 is 10.2 Å². The minimum Gasteiger partial charge on any atom is -0.311 e. The summed E-state index contributed by atoms with van der Waals surface area (Å²) in [6, 6.07) is 4.03. The van der Waals surface area contributed by atoms with Crippen LogP contribution in [0.1, 0.15) is 18.7 Å². The SMILES string of the molecule is CC(C)CN(C)CCNCc1ccc(Cl)s1. The van der Waals surface area contributed by atoms with Crippen molar-refractivity contribution in [3.63, 3.8) is 0 Å². The van der Waals surface area contributed by atoms with Gasteiger partial charge in [0.2, 0.25) is 0 Å². The van der Waals surface area contributed by atoms with Crippen LogP contribution >= 0.6 is 22.9 Å². The highest BCUT2D eigenvalue weighted by molar-refractivity contribution is 7.16. The molecule has 0 amide bonds. The highest BCUT2D eigenvalue weighted by atomic mass is 35.5. The van der Waals surface area contributed by atoms with Crippen LogP contribution < -0.4 is 5.32 Å². The van der Waals surface area contributed by atoms with E-state index in [1.807, 2.05) is 6.07 Å². The minimum atomic E-state index is 0.737. The van der Waals surface area contributed by atoms with Gasteiger partial charge in [0.05, 0.1) is 4.34 Å². The van der Waals surface area contributed by atoms with Crippen molar-refractivity contribution in [3.05, 3.63) is 21.3 Å². The van der Waals surface area contributed by atoms with Crippen LogP contribution in [0.15, 0.2) is 12.1 Å². The third-order valence-corrected chi connectivity index (χ3v) is 3.51. The average Bonchev–Trinajstić information content (AvgIpc) is 2.58. The van der Waals surface area contributed by atoms with Crippen LogP contribution in [0.5, 0.6) is 0 Å². The lowest BCUT2D eigenvalue weighted by Crippen LogP contribution is -2.31. The molecule has 1 rings (SSSR count). The fourth-order valence-corrected chi connectivity index (χ4v) is 2.70. The molecule has 0 radical (unpaired) electrons. The molecule has 0 spiro atoms. The normalized spacial score (nSPS) is 11.6. The lowest BCUT2D eigenvalue weighted by molar-refractivity contribution is 0.294. The molecule has 2 nitrogen and oxygen atoms in total. The van der Waals surface area contributed by atoms with E-state index in [-0.39, 0.29) is 0 Å². The van der Waals surface area contributed by atoms with E-state index in [2.05, 4.69) is 37.2 Å². The Bertz CT molecular complexity index is 299. The van der Waals surface area contributed by atoms with E-state index in [9.17, 15) is 0 Å². The van der Waals surface area contributed by atoms with E-state index in [4.69, 9.17) is 11.6 Å². The first kappa shape index (κ1) is 14.0. The summed E-state index contributed by atoms with van der Waals surface area (Å²) in [5.74, 6) is 0.737. The van der Waals surface area contributed by atoms with Crippen molar-refractivity contribution < 1.29 is 0 Å².